The minimum atomic E-state index is -3.12. The van der Waals surface area contributed by atoms with Crippen LogP contribution in [0.15, 0.2) is 24.3 Å². The molecular weight excluding hydrogens is 239 g/mol. The van der Waals surface area contributed by atoms with Crippen LogP contribution < -0.4 is 4.35 Å². The second-order valence-electron chi connectivity index (χ2n) is 2.33. The van der Waals surface area contributed by atoms with Gasteiger partial charge >= 0.3 is 77.5 Å². The van der Waals surface area contributed by atoms with Crippen molar-refractivity contribution in [3.63, 3.8) is 0 Å². The summed E-state index contributed by atoms with van der Waals surface area (Å²) in [7, 11) is 8.99. The second-order valence-corrected chi connectivity index (χ2v) is 12.8. The van der Waals surface area contributed by atoms with Gasteiger partial charge in [-0.05, 0) is 0 Å². The van der Waals surface area contributed by atoms with E-state index in [9.17, 15) is 4.10 Å². The topological polar surface area (TPSA) is 20.2 Å². The molecule has 0 aliphatic heterocycles. The monoisotopic (exact) mass is 248 g/mol. The zero-order chi connectivity index (χ0) is 8.48. The molecule has 0 fully saturated rings. The molecule has 1 nitrogen and oxygen atoms in total. The van der Waals surface area contributed by atoms with Crippen molar-refractivity contribution in [2.75, 3.05) is 0 Å². The predicted octanol–water partition coefficient (Wildman–Crippen LogP) is 1.26. The van der Waals surface area contributed by atoms with E-state index in [1.54, 1.807) is 0 Å². The molecule has 0 radical (unpaired) electrons. The van der Waals surface area contributed by atoms with E-state index in [1.165, 1.54) is 0 Å². The molecule has 0 aliphatic rings. The first-order valence-electron chi connectivity index (χ1n) is 3.13. The van der Waals surface area contributed by atoms with Crippen molar-refractivity contribution in [2.24, 2.45) is 0 Å². The molecule has 0 heterocycles. The maximum atomic E-state index is 9.52. The Morgan fingerprint density at radius 3 is 2.36 bits per heavy atom. The van der Waals surface area contributed by atoms with Crippen LogP contribution in [0.25, 0.3) is 0 Å². The summed E-state index contributed by atoms with van der Waals surface area (Å²) in [5.74, 6) is 0. The van der Waals surface area contributed by atoms with E-state index < -0.39 is 11.1 Å². The van der Waals surface area contributed by atoms with Crippen molar-refractivity contribution in [3.05, 3.63) is 29.8 Å². The van der Waals surface area contributed by atoms with E-state index in [0.717, 1.165) is 9.91 Å². The summed E-state index contributed by atoms with van der Waals surface area (Å²) >= 11 is -3.12. The maximum absolute atomic E-state index is 9.52. The fourth-order valence-corrected chi connectivity index (χ4v) is 4.83. The van der Waals surface area contributed by atoms with E-state index in [2.05, 4.69) is 10.9 Å². The second kappa shape index (κ2) is 3.36. The molecule has 0 aliphatic carbocycles. The third kappa shape index (κ3) is 2.38. The first kappa shape index (κ1) is 9.40. The van der Waals surface area contributed by atoms with Gasteiger partial charge in [-0.25, -0.2) is 0 Å². The molecule has 0 aromatic heterocycles. The first-order valence-corrected chi connectivity index (χ1v) is 10.5. The third-order valence-electron chi connectivity index (χ3n) is 1.43. The van der Waals surface area contributed by atoms with Gasteiger partial charge < -0.3 is 0 Å². The van der Waals surface area contributed by atoms with Crippen molar-refractivity contribution < 1.29 is 4.10 Å². The molecule has 1 atom stereocenters. The van der Waals surface area contributed by atoms with Crippen molar-refractivity contribution in [1.82, 2.24) is 0 Å². The standard InChI is InChI=1S/C7H9AsOS2/c1-6-4-2-3-5-7(6)8(9,10)11/h2-5H,1H3,(H2,9,10,11). The van der Waals surface area contributed by atoms with Crippen LogP contribution >= 0.6 is 21.3 Å². The van der Waals surface area contributed by atoms with Crippen LogP contribution in [0.4, 0.5) is 0 Å². The van der Waals surface area contributed by atoms with E-state index in [4.69, 9.17) is 10.4 Å². The summed E-state index contributed by atoms with van der Waals surface area (Å²) in [6.45, 7) is 1.93. The van der Waals surface area contributed by atoms with E-state index in [1.807, 2.05) is 31.2 Å². The van der Waals surface area contributed by atoms with Gasteiger partial charge in [0, 0.05) is 0 Å². The molecule has 60 valence electrons. The van der Waals surface area contributed by atoms with Gasteiger partial charge in [-0.1, -0.05) is 0 Å². The number of hydrogen-bond acceptors (Lipinski definition) is 1. The van der Waals surface area contributed by atoms with Crippen LogP contribution in [-0.4, -0.2) is 15.2 Å². The van der Waals surface area contributed by atoms with E-state index >= 15 is 0 Å². The van der Waals surface area contributed by atoms with Gasteiger partial charge in [0.2, 0.25) is 0 Å². The minimum absolute atomic E-state index is 0.851. The van der Waals surface area contributed by atoms with Gasteiger partial charge in [0.25, 0.3) is 0 Å². The fourth-order valence-electron chi connectivity index (χ4n) is 0.890. The molecule has 1 rings (SSSR count). The quantitative estimate of drug-likeness (QED) is 0.576. The van der Waals surface area contributed by atoms with E-state index in [-0.39, 0.29) is 0 Å². The van der Waals surface area contributed by atoms with Crippen LogP contribution in [0.1, 0.15) is 5.56 Å². The van der Waals surface area contributed by atoms with Gasteiger partial charge in [-0.3, -0.25) is 0 Å². The SMILES string of the molecule is Cc1ccccc1[As](O)(=S)S. The summed E-state index contributed by atoms with van der Waals surface area (Å²) in [6, 6.07) is 7.58. The van der Waals surface area contributed by atoms with Crippen molar-refractivity contribution >= 4 is 36.7 Å². The molecule has 1 N–H and O–H groups in total. The van der Waals surface area contributed by atoms with Crippen molar-refractivity contribution in [3.8, 4) is 0 Å². The van der Waals surface area contributed by atoms with Crippen molar-refractivity contribution in [2.45, 2.75) is 6.92 Å². The number of rotatable bonds is 1. The molecular formula is C7H9AsOS2. The summed E-state index contributed by atoms with van der Waals surface area (Å²) in [6.07, 6.45) is 0. The van der Waals surface area contributed by atoms with E-state index in [0.29, 0.717) is 0 Å². The Bertz CT molecular complexity index is 305. The van der Waals surface area contributed by atoms with Gasteiger partial charge in [0.1, 0.15) is 0 Å². The van der Waals surface area contributed by atoms with Crippen molar-refractivity contribution in [1.29, 1.82) is 0 Å². The Labute approximate surface area is 77.4 Å². The first-order chi connectivity index (χ1) is 5.02. The Morgan fingerprint density at radius 2 is 2.00 bits per heavy atom. The summed E-state index contributed by atoms with van der Waals surface area (Å²) in [5.41, 5.74) is 1.03. The van der Waals surface area contributed by atoms with Crippen LogP contribution in [0, 0.1) is 6.92 Å². The Hall–Kier alpha value is 0.308. The molecule has 1 aromatic carbocycles. The van der Waals surface area contributed by atoms with Crippen LogP contribution in [-0.2, 0) is 0 Å². The average molecular weight is 248 g/mol. The summed E-state index contributed by atoms with van der Waals surface area (Å²) < 4.78 is 10.4. The molecule has 1 unspecified atom stereocenters. The molecule has 11 heavy (non-hydrogen) atoms. The van der Waals surface area contributed by atoms with Crippen LogP contribution in [0.2, 0.25) is 0 Å². The van der Waals surface area contributed by atoms with Gasteiger partial charge in [-0.15, -0.1) is 0 Å². The normalized spacial score (nSPS) is 15.9. The number of aryl methyl sites for hydroxylation is 1. The molecule has 0 bridgehead atoms. The summed E-state index contributed by atoms with van der Waals surface area (Å²) in [5, 5.41) is 0. The number of benzene rings is 1. The molecule has 4 heteroatoms. The zero-order valence-corrected chi connectivity index (χ0v) is 9.65. The zero-order valence-electron chi connectivity index (χ0n) is 6.06. The predicted molar refractivity (Wildman–Crippen MR) is 55.4 cm³/mol. The van der Waals surface area contributed by atoms with Crippen LogP contribution in [0.5, 0.6) is 0 Å². The Morgan fingerprint density at radius 1 is 1.45 bits per heavy atom. The molecule has 0 spiro atoms. The Kier molecular flexibility index (Phi) is 2.87. The molecule has 0 saturated carbocycles. The van der Waals surface area contributed by atoms with Gasteiger partial charge in [-0.2, -0.15) is 0 Å². The summed E-state index contributed by atoms with van der Waals surface area (Å²) in [4.78, 5) is 0. The molecule has 0 saturated heterocycles. The van der Waals surface area contributed by atoms with Crippen LogP contribution in [0.3, 0.4) is 0 Å². The molecule has 0 amide bonds. The fraction of sp³-hybridized carbons (Fsp3) is 0.143. The van der Waals surface area contributed by atoms with Gasteiger partial charge in [0.15, 0.2) is 0 Å². The number of thiol groups is 1. The van der Waals surface area contributed by atoms with Gasteiger partial charge in [0.05, 0.1) is 0 Å². The third-order valence-corrected chi connectivity index (χ3v) is 5.94. The number of hydrogen-bond donors (Lipinski definition) is 2. The Balaban J connectivity index is 3.25. The molecule has 1 aromatic rings. The average Bonchev–Trinajstić information content (AvgIpc) is 1.86.